The van der Waals surface area contributed by atoms with Gasteiger partial charge in [-0.15, -0.1) is 0 Å². The standard InChI is InChI=1S/C14H23N3O3S/c1-4-7-10-8-12(18)17-14(16-10)21-9-11(15-5-2)13(19)20-6-3/h8,11,15H,4-7,9H2,1-3H3,(H,16,17,18). The number of carbonyl (C=O) groups excluding carboxylic acids is 1. The van der Waals surface area contributed by atoms with E-state index in [2.05, 4.69) is 15.3 Å². The first kappa shape index (κ1) is 17.7. The predicted molar refractivity (Wildman–Crippen MR) is 83.7 cm³/mol. The van der Waals surface area contributed by atoms with Crippen LogP contribution in [0.3, 0.4) is 0 Å². The van der Waals surface area contributed by atoms with Gasteiger partial charge in [-0.25, -0.2) is 4.98 Å². The van der Waals surface area contributed by atoms with Gasteiger partial charge in [-0.3, -0.25) is 9.59 Å². The maximum Gasteiger partial charge on any atom is 0.323 e. The third-order valence-corrected chi connectivity index (χ3v) is 3.65. The van der Waals surface area contributed by atoms with Gasteiger partial charge in [0.2, 0.25) is 0 Å². The molecule has 1 aromatic heterocycles. The molecule has 21 heavy (non-hydrogen) atoms. The first-order chi connectivity index (χ1) is 10.1. The average Bonchev–Trinajstić information content (AvgIpc) is 2.43. The summed E-state index contributed by atoms with van der Waals surface area (Å²) in [5.41, 5.74) is 0.618. The second kappa shape index (κ2) is 9.57. The lowest BCUT2D eigenvalue weighted by atomic mass is 10.2. The molecule has 0 saturated heterocycles. The van der Waals surface area contributed by atoms with E-state index in [-0.39, 0.29) is 11.5 Å². The molecule has 1 heterocycles. The highest BCUT2D eigenvalue weighted by atomic mass is 32.2. The van der Waals surface area contributed by atoms with Crippen LogP contribution in [0.4, 0.5) is 0 Å². The van der Waals surface area contributed by atoms with Crippen LogP contribution in [-0.2, 0) is 16.0 Å². The van der Waals surface area contributed by atoms with E-state index in [1.807, 2.05) is 13.8 Å². The first-order valence-corrected chi connectivity index (χ1v) is 8.22. The molecular weight excluding hydrogens is 290 g/mol. The molecule has 1 atom stereocenters. The Labute approximate surface area is 129 Å². The summed E-state index contributed by atoms with van der Waals surface area (Å²) >= 11 is 1.35. The normalized spacial score (nSPS) is 12.1. The Balaban J connectivity index is 2.70. The van der Waals surface area contributed by atoms with Gasteiger partial charge in [0, 0.05) is 17.5 Å². The van der Waals surface area contributed by atoms with Gasteiger partial charge >= 0.3 is 5.97 Å². The molecule has 0 amide bonds. The molecule has 0 aromatic carbocycles. The highest BCUT2D eigenvalue weighted by Gasteiger charge is 2.19. The Morgan fingerprint density at radius 1 is 1.48 bits per heavy atom. The van der Waals surface area contributed by atoms with E-state index in [9.17, 15) is 9.59 Å². The van der Waals surface area contributed by atoms with Gasteiger partial charge in [0.25, 0.3) is 5.56 Å². The second-order valence-electron chi connectivity index (χ2n) is 4.47. The van der Waals surface area contributed by atoms with Gasteiger partial charge in [0.15, 0.2) is 5.16 Å². The molecule has 0 saturated carbocycles. The van der Waals surface area contributed by atoms with E-state index >= 15 is 0 Å². The number of likely N-dealkylation sites (N-methyl/N-ethyl adjacent to an activating group) is 1. The Bertz CT molecular complexity index is 504. The minimum Gasteiger partial charge on any atom is -0.465 e. The van der Waals surface area contributed by atoms with Crippen LogP contribution in [0.2, 0.25) is 0 Å². The highest BCUT2D eigenvalue weighted by molar-refractivity contribution is 7.99. The minimum atomic E-state index is -0.403. The fraction of sp³-hybridized carbons (Fsp3) is 0.643. The number of rotatable bonds is 9. The van der Waals surface area contributed by atoms with Crippen molar-refractivity contribution >= 4 is 17.7 Å². The molecule has 0 bridgehead atoms. The molecule has 0 aliphatic heterocycles. The van der Waals surface area contributed by atoms with Crippen LogP contribution < -0.4 is 10.9 Å². The van der Waals surface area contributed by atoms with Crippen molar-refractivity contribution in [1.29, 1.82) is 0 Å². The Hall–Kier alpha value is -1.34. The lowest BCUT2D eigenvalue weighted by Gasteiger charge is -2.15. The lowest BCUT2D eigenvalue weighted by Crippen LogP contribution is -2.40. The third-order valence-electron chi connectivity index (χ3n) is 2.69. The second-order valence-corrected chi connectivity index (χ2v) is 5.47. The number of H-pyrrole nitrogens is 1. The van der Waals surface area contributed by atoms with Crippen LogP contribution in [0.25, 0.3) is 0 Å². The van der Waals surface area contributed by atoms with E-state index in [0.717, 1.165) is 18.5 Å². The number of aryl methyl sites for hydroxylation is 1. The molecule has 1 rings (SSSR count). The average molecular weight is 313 g/mol. The zero-order chi connectivity index (χ0) is 15.7. The largest absolute Gasteiger partial charge is 0.465 e. The summed E-state index contributed by atoms with van der Waals surface area (Å²) in [6.07, 6.45) is 1.70. The van der Waals surface area contributed by atoms with Gasteiger partial charge < -0.3 is 15.0 Å². The molecule has 0 fully saturated rings. The van der Waals surface area contributed by atoms with Gasteiger partial charge in [0.1, 0.15) is 6.04 Å². The van der Waals surface area contributed by atoms with E-state index in [4.69, 9.17) is 4.74 Å². The number of nitrogens with one attached hydrogen (secondary N) is 2. The molecule has 1 aromatic rings. The van der Waals surface area contributed by atoms with Crippen molar-refractivity contribution < 1.29 is 9.53 Å². The summed E-state index contributed by atoms with van der Waals surface area (Å²) in [6.45, 7) is 6.77. The van der Waals surface area contributed by atoms with E-state index in [0.29, 0.717) is 24.1 Å². The maximum atomic E-state index is 11.8. The van der Waals surface area contributed by atoms with E-state index < -0.39 is 6.04 Å². The molecule has 0 spiro atoms. The Morgan fingerprint density at radius 2 is 2.24 bits per heavy atom. The molecule has 2 N–H and O–H groups in total. The van der Waals surface area contributed by atoms with Gasteiger partial charge in [-0.05, 0) is 19.9 Å². The summed E-state index contributed by atoms with van der Waals surface area (Å²) in [5.74, 6) is 0.185. The van der Waals surface area contributed by atoms with Crippen LogP contribution >= 0.6 is 11.8 Å². The molecule has 7 heteroatoms. The molecule has 0 radical (unpaired) electrons. The number of carbonyl (C=O) groups is 1. The predicted octanol–water partition coefficient (Wildman–Crippen LogP) is 1.36. The summed E-state index contributed by atoms with van der Waals surface area (Å²) in [4.78, 5) is 30.5. The van der Waals surface area contributed by atoms with Crippen molar-refractivity contribution in [2.24, 2.45) is 0 Å². The lowest BCUT2D eigenvalue weighted by molar-refractivity contribution is -0.144. The number of nitrogens with zero attached hydrogens (tertiary/aromatic N) is 1. The zero-order valence-electron chi connectivity index (χ0n) is 12.8. The molecule has 6 nitrogen and oxygen atoms in total. The zero-order valence-corrected chi connectivity index (χ0v) is 13.6. The molecule has 0 aliphatic carbocycles. The SMILES string of the molecule is CCCc1cc(=O)[nH]c(SCC(NCC)C(=O)OCC)n1. The molecule has 0 aliphatic rings. The van der Waals surface area contributed by atoms with Gasteiger partial charge in [-0.1, -0.05) is 32.0 Å². The maximum absolute atomic E-state index is 11.8. The highest BCUT2D eigenvalue weighted by Crippen LogP contribution is 2.14. The quantitative estimate of drug-likeness (QED) is 0.407. The van der Waals surface area contributed by atoms with E-state index in [1.54, 1.807) is 6.92 Å². The number of esters is 1. The topological polar surface area (TPSA) is 84.1 Å². The summed E-state index contributed by atoms with van der Waals surface area (Å²) in [7, 11) is 0. The smallest absolute Gasteiger partial charge is 0.323 e. The fourth-order valence-corrected chi connectivity index (χ4v) is 2.73. The van der Waals surface area contributed by atoms with E-state index in [1.165, 1.54) is 17.8 Å². The molecular formula is C14H23N3O3S. The Kier molecular flexibility index (Phi) is 8.07. The van der Waals surface area contributed by atoms with Crippen LogP contribution in [0.15, 0.2) is 16.0 Å². The number of thioether (sulfide) groups is 1. The molecule has 1 unspecified atom stereocenters. The van der Waals surface area contributed by atoms with Crippen molar-refractivity contribution in [3.63, 3.8) is 0 Å². The van der Waals surface area contributed by atoms with Gasteiger partial charge in [0.05, 0.1) is 6.61 Å². The minimum absolute atomic E-state index is 0.160. The number of aromatic amines is 1. The van der Waals surface area contributed by atoms with Crippen LogP contribution in [0.1, 0.15) is 32.9 Å². The summed E-state index contributed by atoms with van der Waals surface area (Å²) < 4.78 is 5.02. The molecule has 118 valence electrons. The van der Waals surface area contributed by atoms with Crippen molar-refractivity contribution in [3.8, 4) is 0 Å². The van der Waals surface area contributed by atoms with Crippen molar-refractivity contribution in [2.45, 2.75) is 44.8 Å². The van der Waals surface area contributed by atoms with Crippen LogP contribution in [0.5, 0.6) is 0 Å². The first-order valence-electron chi connectivity index (χ1n) is 7.23. The van der Waals surface area contributed by atoms with Crippen molar-refractivity contribution in [3.05, 3.63) is 22.1 Å². The van der Waals surface area contributed by atoms with Gasteiger partial charge in [-0.2, -0.15) is 0 Å². The fourth-order valence-electron chi connectivity index (χ4n) is 1.80. The van der Waals surface area contributed by atoms with Crippen LogP contribution in [-0.4, -0.2) is 40.9 Å². The number of hydrogen-bond donors (Lipinski definition) is 2. The number of aromatic nitrogens is 2. The van der Waals surface area contributed by atoms with Crippen molar-refractivity contribution in [1.82, 2.24) is 15.3 Å². The third kappa shape index (κ3) is 6.31. The van der Waals surface area contributed by atoms with Crippen LogP contribution in [0, 0.1) is 0 Å². The summed E-state index contributed by atoms with van der Waals surface area (Å²) in [5, 5.41) is 3.62. The Morgan fingerprint density at radius 3 is 2.86 bits per heavy atom. The van der Waals surface area contributed by atoms with Crippen molar-refractivity contribution in [2.75, 3.05) is 18.9 Å². The summed E-state index contributed by atoms with van der Waals surface area (Å²) in [6, 6.07) is 1.11. The number of hydrogen-bond acceptors (Lipinski definition) is 6. The number of ether oxygens (including phenoxy) is 1. The monoisotopic (exact) mass is 313 g/mol.